The Kier molecular flexibility index (Phi) is 9.17. The molecular weight excluding hydrogens is 733 g/mol. The average Bonchev–Trinajstić information content (AvgIpc) is 3.66. The molecule has 0 aliphatic heterocycles. The van der Waals surface area contributed by atoms with E-state index >= 15 is 0 Å². The lowest BCUT2D eigenvalue weighted by Gasteiger charge is -2.34. The van der Waals surface area contributed by atoms with E-state index in [1.807, 2.05) is 0 Å². The highest BCUT2D eigenvalue weighted by molar-refractivity contribution is 5.89. The van der Waals surface area contributed by atoms with Gasteiger partial charge in [-0.25, -0.2) is 0 Å². The van der Waals surface area contributed by atoms with Gasteiger partial charge in [0, 0.05) is 0 Å². The van der Waals surface area contributed by atoms with Crippen LogP contribution in [0.1, 0.15) is 22.3 Å². The standard InChI is InChI=1S/C61H42/c1-5-19-43(20-6-1)49-35-50(44-21-7-2-8-22-44)38-53(37-49)47-27-17-29-55(41-47)61(59-33-15-13-31-57(59)58-32-14-16-34-60(58)61)56-30-18-28-48(42-56)54-39-51(45-23-9-3-10-24-45)36-52(40-54)46-25-11-4-12-26-46/h1-42H. The molecule has 1 aliphatic carbocycles. The third-order valence-corrected chi connectivity index (χ3v) is 12.5. The molecule has 0 aromatic heterocycles. The van der Waals surface area contributed by atoms with Gasteiger partial charge < -0.3 is 0 Å². The topological polar surface area (TPSA) is 0 Å². The molecule has 0 saturated heterocycles. The van der Waals surface area contributed by atoms with Crippen molar-refractivity contribution in [3.05, 3.63) is 277 Å². The molecule has 0 atom stereocenters. The van der Waals surface area contributed by atoms with Crippen molar-refractivity contribution in [1.82, 2.24) is 0 Å². The average molecular weight is 775 g/mol. The molecule has 0 heteroatoms. The van der Waals surface area contributed by atoms with Crippen LogP contribution in [0.15, 0.2) is 255 Å². The van der Waals surface area contributed by atoms with E-state index in [4.69, 9.17) is 0 Å². The van der Waals surface area contributed by atoms with Gasteiger partial charge in [0.05, 0.1) is 5.41 Å². The number of benzene rings is 10. The Labute approximate surface area is 358 Å². The molecule has 61 heavy (non-hydrogen) atoms. The summed E-state index contributed by atoms with van der Waals surface area (Å²) >= 11 is 0. The van der Waals surface area contributed by atoms with Crippen LogP contribution in [0, 0.1) is 0 Å². The van der Waals surface area contributed by atoms with E-state index in [1.54, 1.807) is 0 Å². The van der Waals surface area contributed by atoms with Gasteiger partial charge in [0.25, 0.3) is 0 Å². The zero-order chi connectivity index (χ0) is 40.6. The molecule has 0 nitrogen and oxygen atoms in total. The lowest BCUT2D eigenvalue weighted by Crippen LogP contribution is -2.28. The molecule has 0 heterocycles. The van der Waals surface area contributed by atoms with Crippen LogP contribution < -0.4 is 0 Å². The predicted molar refractivity (Wildman–Crippen MR) is 256 cm³/mol. The summed E-state index contributed by atoms with van der Waals surface area (Å²) in [6.07, 6.45) is 0. The van der Waals surface area contributed by atoms with Gasteiger partial charge >= 0.3 is 0 Å². The summed E-state index contributed by atoms with van der Waals surface area (Å²) in [5.74, 6) is 0. The van der Waals surface area contributed by atoms with Crippen LogP contribution in [-0.4, -0.2) is 0 Å². The first-order valence-corrected chi connectivity index (χ1v) is 21.2. The molecule has 11 rings (SSSR count). The largest absolute Gasteiger partial charge is 0.0713 e. The molecule has 0 bridgehead atoms. The Morgan fingerprint density at radius 1 is 0.180 bits per heavy atom. The number of rotatable bonds is 8. The van der Waals surface area contributed by atoms with Crippen LogP contribution >= 0.6 is 0 Å². The fourth-order valence-corrected chi connectivity index (χ4v) is 9.67. The molecule has 0 fully saturated rings. The molecule has 0 N–H and O–H groups in total. The lowest BCUT2D eigenvalue weighted by atomic mass is 9.67. The van der Waals surface area contributed by atoms with Crippen molar-refractivity contribution >= 4 is 0 Å². The summed E-state index contributed by atoms with van der Waals surface area (Å²) in [5.41, 5.74) is 21.5. The van der Waals surface area contributed by atoms with E-state index in [9.17, 15) is 0 Å². The Hall–Kier alpha value is -7.80. The summed E-state index contributed by atoms with van der Waals surface area (Å²) in [4.78, 5) is 0. The van der Waals surface area contributed by atoms with Crippen LogP contribution in [0.3, 0.4) is 0 Å². The summed E-state index contributed by atoms with van der Waals surface area (Å²) in [5, 5.41) is 0. The molecule has 0 radical (unpaired) electrons. The third-order valence-electron chi connectivity index (χ3n) is 12.5. The van der Waals surface area contributed by atoms with E-state index in [-0.39, 0.29) is 0 Å². The second-order valence-electron chi connectivity index (χ2n) is 16.1. The Balaban J connectivity index is 1.13. The summed E-state index contributed by atoms with van der Waals surface area (Å²) in [6, 6.07) is 93.8. The minimum atomic E-state index is -0.572. The van der Waals surface area contributed by atoms with Crippen molar-refractivity contribution in [2.75, 3.05) is 0 Å². The molecule has 0 unspecified atom stereocenters. The van der Waals surface area contributed by atoms with Gasteiger partial charge in [0.2, 0.25) is 0 Å². The van der Waals surface area contributed by atoms with Crippen molar-refractivity contribution < 1.29 is 0 Å². The second kappa shape index (κ2) is 15.4. The van der Waals surface area contributed by atoms with Gasteiger partial charge in [-0.15, -0.1) is 0 Å². The summed E-state index contributed by atoms with van der Waals surface area (Å²) < 4.78 is 0. The van der Waals surface area contributed by atoms with Crippen molar-refractivity contribution in [2.24, 2.45) is 0 Å². The van der Waals surface area contributed by atoms with Crippen LogP contribution in [0.4, 0.5) is 0 Å². The minimum Gasteiger partial charge on any atom is -0.0622 e. The van der Waals surface area contributed by atoms with E-state index in [0.717, 1.165) is 0 Å². The Morgan fingerprint density at radius 3 is 0.770 bits per heavy atom. The monoisotopic (exact) mass is 774 g/mol. The second-order valence-corrected chi connectivity index (χ2v) is 16.1. The Morgan fingerprint density at radius 2 is 0.443 bits per heavy atom. The fourth-order valence-electron chi connectivity index (χ4n) is 9.67. The highest BCUT2D eigenvalue weighted by Crippen LogP contribution is 2.57. The molecule has 286 valence electrons. The lowest BCUT2D eigenvalue weighted by molar-refractivity contribution is 0.769. The van der Waals surface area contributed by atoms with Gasteiger partial charge in [-0.2, -0.15) is 0 Å². The highest BCUT2D eigenvalue weighted by Gasteiger charge is 2.46. The SMILES string of the molecule is c1ccc(-c2cc(-c3ccccc3)cc(-c3cccc(C4(c5cccc(-c6cc(-c7ccccc7)cc(-c7ccccc7)c6)c5)c5ccccc5-c5ccccc54)c3)c2)cc1. The van der Waals surface area contributed by atoms with Crippen LogP contribution in [-0.2, 0) is 5.41 Å². The van der Waals surface area contributed by atoms with Gasteiger partial charge in [-0.3, -0.25) is 0 Å². The van der Waals surface area contributed by atoms with Crippen molar-refractivity contribution in [2.45, 2.75) is 5.41 Å². The zero-order valence-electron chi connectivity index (χ0n) is 33.7. The molecule has 10 aromatic rings. The normalized spacial score (nSPS) is 12.4. The van der Waals surface area contributed by atoms with Gasteiger partial charge in [-0.1, -0.05) is 206 Å². The van der Waals surface area contributed by atoms with E-state index < -0.39 is 5.41 Å². The molecular formula is C61H42. The quantitative estimate of drug-likeness (QED) is 0.144. The van der Waals surface area contributed by atoms with E-state index in [0.29, 0.717) is 0 Å². The molecule has 0 saturated carbocycles. The highest BCUT2D eigenvalue weighted by atomic mass is 14.5. The smallest absolute Gasteiger partial charge is 0.0622 e. The van der Waals surface area contributed by atoms with Crippen LogP contribution in [0.5, 0.6) is 0 Å². The Bertz CT molecular complexity index is 2830. The summed E-state index contributed by atoms with van der Waals surface area (Å²) in [7, 11) is 0. The van der Waals surface area contributed by atoms with E-state index in [1.165, 1.54) is 100 Å². The first-order chi connectivity index (χ1) is 30.2. The minimum absolute atomic E-state index is 0.572. The molecule has 0 spiro atoms. The van der Waals surface area contributed by atoms with Gasteiger partial charge in [0.15, 0.2) is 0 Å². The first kappa shape index (κ1) is 36.3. The number of hydrogen-bond acceptors (Lipinski definition) is 0. The zero-order valence-corrected chi connectivity index (χ0v) is 33.7. The van der Waals surface area contributed by atoms with Crippen LogP contribution in [0.25, 0.3) is 77.9 Å². The maximum absolute atomic E-state index is 2.45. The maximum atomic E-state index is 2.45. The molecule has 10 aromatic carbocycles. The maximum Gasteiger partial charge on any atom is 0.0713 e. The first-order valence-electron chi connectivity index (χ1n) is 21.2. The third kappa shape index (κ3) is 6.51. The van der Waals surface area contributed by atoms with Crippen molar-refractivity contribution in [3.8, 4) is 77.9 Å². The van der Waals surface area contributed by atoms with Crippen molar-refractivity contribution in [3.63, 3.8) is 0 Å². The summed E-state index contributed by atoms with van der Waals surface area (Å²) in [6.45, 7) is 0. The fraction of sp³-hybridized carbons (Fsp3) is 0.0164. The van der Waals surface area contributed by atoms with Gasteiger partial charge in [0.1, 0.15) is 0 Å². The van der Waals surface area contributed by atoms with Crippen LogP contribution in [0.2, 0.25) is 0 Å². The molecule has 0 amide bonds. The van der Waals surface area contributed by atoms with Crippen molar-refractivity contribution in [1.29, 1.82) is 0 Å². The molecule has 1 aliphatic rings. The number of hydrogen-bond donors (Lipinski definition) is 0. The predicted octanol–water partition coefficient (Wildman–Crippen LogP) is 16.1. The van der Waals surface area contributed by atoms with Gasteiger partial charge in [-0.05, 0) is 149 Å². The van der Waals surface area contributed by atoms with E-state index in [2.05, 4.69) is 255 Å². The number of fused-ring (bicyclic) bond motifs is 3.